The summed E-state index contributed by atoms with van der Waals surface area (Å²) < 4.78 is 5.35. The van der Waals surface area contributed by atoms with Gasteiger partial charge in [0.05, 0.1) is 0 Å². The van der Waals surface area contributed by atoms with Gasteiger partial charge >= 0.3 is 0 Å². The summed E-state index contributed by atoms with van der Waals surface area (Å²) in [4.78, 5) is 2.44. The molecule has 0 aromatic carbocycles. The Morgan fingerprint density at radius 2 is 1.93 bits per heavy atom. The Morgan fingerprint density at radius 1 is 1.36 bits per heavy atom. The lowest BCUT2D eigenvalue weighted by molar-refractivity contribution is 0.0322. The van der Waals surface area contributed by atoms with E-state index in [0.717, 1.165) is 39.1 Å². The summed E-state index contributed by atoms with van der Waals surface area (Å²) >= 11 is 0. The lowest BCUT2D eigenvalue weighted by Crippen LogP contribution is -2.44. The SMILES string of the molecule is CN(CC(C)(C)CN)C1CCOCC1. The first-order valence-corrected chi connectivity index (χ1v) is 5.53. The van der Waals surface area contributed by atoms with Gasteiger partial charge in [-0.25, -0.2) is 0 Å². The van der Waals surface area contributed by atoms with Crippen LogP contribution < -0.4 is 5.73 Å². The average molecular weight is 200 g/mol. The zero-order valence-electron chi connectivity index (χ0n) is 9.75. The van der Waals surface area contributed by atoms with E-state index in [1.807, 2.05) is 0 Å². The third kappa shape index (κ3) is 3.56. The molecule has 3 nitrogen and oxygen atoms in total. The van der Waals surface area contributed by atoms with Crippen molar-refractivity contribution in [1.82, 2.24) is 4.90 Å². The number of ether oxygens (including phenoxy) is 1. The van der Waals surface area contributed by atoms with Crippen LogP contribution in [-0.4, -0.2) is 44.3 Å². The number of rotatable bonds is 4. The highest BCUT2D eigenvalue weighted by molar-refractivity contribution is 4.78. The molecule has 1 aliphatic rings. The Morgan fingerprint density at radius 3 is 2.43 bits per heavy atom. The topological polar surface area (TPSA) is 38.5 Å². The summed E-state index contributed by atoms with van der Waals surface area (Å²) in [6, 6.07) is 0.689. The molecule has 0 bridgehead atoms. The lowest BCUT2D eigenvalue weighted by Gasteiger charge is -2.36. The van der Waals surface area contributed by atoms with Gasteiger partial charge in [0.15, 0.2) is 0 Å². The molecule has 0 saturated carbocycles. The molecule has 0 aliphatic carbocycles. The first kappa shape index (κ1) is 12.0. The van der Waals surface area contributed by atoms with Crippen molar-refractivity contribution in [1.29, 1.82) is 0 Å². The van der Waals surface area contributed by atoms with Gasteiger partial charge in [0.2, 0.25) is 0 Å². The molecule has 2 N–H and O–H groups in total. The fraction of sp³-hybridized carbons (Fsp3) is 1.00. The molecular formula is C11H24N2O. The largest absolute Gasteiger partial charge is 0.381 e. The normalized spacial score (nSPS) is 20.4. The second-order valence-corrected chi connectivity index (χ2v) is 5.13. The quantitative estimate of drug-likeness (QED) is 0.738. The van der Waals surface area contributed by atoms with Crippen molar-refractivity contribution in [3.05, 3.63) is 0 Å². The molecule has 0 radical (unpaired) electrons. The van der Waals surface area contributed by atoms with E-state index in [9.17, 15) is 0 Å². The number of hydrogen-bond acceptors (Lipinski definition) is 3. The van der Waals surface area contributed by atoms with Crippen LogP contribution in [0.5, 0.6) is 0 Å². The maximum Gasteiger partial charge on any atom is 0.0480 e. The maximum atomic E-state index is 5.73. The number of nitrogens with two attached hydrogens (primary N) is 1. The Hall–Kier alpha value is -0.120. The van der Waals surface area contributed by atoms with Crippen LogP contribution >= 0.6 is 0 Å². The molecule has 0 aromatic heterocycles. The van der Waals surface area contributed by atoms with Crippen LogP contribution in [0, 0.1) is 5.41 Å². The Balaban J connectivity index is 2.36. The minimum atomic E-state index is 0.229. The summed E-state index contributed by atoms with van der Waals surface area (Å²) in [5, 5.41) is 0. The van der Waals surface area contributed by atoms with Gasteiger partial charge in [0, 0.05) is 25.8 Å². The molecule has 0 atom stereocenters. The van der Waals surface area contributed by atoms with Crippen LogP contribution in [0.15, 0.2) is 0 Å². The molecule has 1 saturated heterocycles. The second-order valence-electron chi connectivity index (χ2n) is 5.13. The van der Waals surface area contributed by atoms with Crippen LogP contribution in [-0.2, 0) is 4.74 Å². The highest BCUT2D eigenvalue weighted by Crippen LogP contribution is 2.19. The Bertz CT molecular complexity index is 165. The molecule has 0 unspecified atom stereocenters. The van der Waals surface area contributed by atoms with E-state index in [1.165, 1.54) is 0 Å². The van der Waals surface area contributed by atoms with Gasteiger partial charge in [0.1, 0.15) is 0 Å². The molecule has 84 valence electrons. The first-order chi connectivity index (χ1) is 6.55. The third-order valence-electron chi connectivity index (χ3n) is 3.04. The molecule has 1 fully saturated rings. The van der Waals surface area contributed by atoms with Crippen molar-refractivity contribution in [2.75, 3.05) is 33.4 Å². The Labute approximate surface area is 87.6 Å². The van der Waals surface area contributed by atoms with Crippen molar-refractivity contribution in [3.63, 3.8) is 0 Å². The molecule has 14 heavy (non-hydrogen) atoms. The van der Waals surface area contributed by atoms with Gasteiger partial charge in [0.25, 0.3) is 0 Å². The summed E-state index contributed by atoms with van der Waals surface area (Å²) in [6.07, 6.45) is 2.33. The molecule has 0 spiro atoms. The van der Waals surface area contributed by atoms with E-state index in [1.54, 1.807) is 0 Å². The molecule has 1 aliphatic heterocycles. The van der Waals surface area contributed by atoms with Crippen molar-refractivity contribution < 1.29 is 4.74 Å². The van der Waals surface area contributed by atoms with E-state index in [0.29, 0.717) is 6.04 Å². The van der Waals surface area contributed by atoms with Crippen molar-refractivity contribution in [3.8, 4) is 0 Å². The van der Waals surface area contributed by atoms with Gasteiger partial charge in [-0.1, -0.05) is 13.8 Å². The predicted molar refractivity (Wildman–Crippen MR) is 59.3 cm³/mol. The van der Waals surface area contributed by atoms with Gasteiger partial charge in [-0.05, 0) is 31.8 Å². The fourth-order valence-electron chi connectivity index (χ4n) is 1.99. The first-order valence-electron chi connectivity index (χ1n) is 5.53. The van der Waals surface area contributed by atoms with Gasteiger partial charge < -0.3 is 15.4 Å². The van der Waals surface area contributed by atoms with Gasteiger partial charge in [-0.3, -0.25) is 0 Å². The summed E-state index contributed by atoms with van der Waals surface area (Å²) in [7, 11) is 2.20. The highest BCUT2D eigenvalue weighted by atomic mass is 16.5. The van der Waals surface area contributed by atoms with Crippen LogP contribution in [0.25, 0.3) is 0 Å². The molecule has 1 rings (SSSR count). The summed E-state index contributed by atoms with van der Waals surface area (Å²) in [5.74, 6) is 0. The summed E-state index contributed by atoms with van der Waals surface area (Å²) in [6.45, 7) is 8.11. The molecular weight excluding hydrogens is 176 g/mol. The minimum absolute atomic E-state index is 0.229. The maximum absolute atomic E-state index is 5.73. The average Bonchev–Trinajstić information content (AvgIpc) is 2.19. The van der Waals surface area contributed by atoms with Crippen LogP contribution in [0.2, 0.25) is 0 Å². The summed E-state index contributed by atoms with van der Waals surface area (Å²) in [5.41, 5.74) is 5.96. The minimum Gasteiger partial charge on any atom is -0.381 e. The van der Waals surface area contributed by atoms with E-state index in [4.69, 9.17) is 10.5 Å². The van der Waals surface area contributed by atoms with Crippen LogP contribution in [0.4, 0.5) is 0 Å². The van der Waals surface area contributed by atoms with E-state index in [-0.39, 0.29) is 5.41 Å². The lowest BCUT2D eigenvalue weighted by atomic mass is 9.92. The molecule has 3 heteroatoms. The van der Waals surface area contributed by atoms with E-state index in [2.05, 4.69) is 25.8 Å². The van der Waals surface area contributed by atoms with Crippen molar-refractivity contribution in [2.45, 2.75) is 32.7 Å². The zero-order valence-corrected chi connectivity index (χ0v) is 9.75. The van der Waals surface area contributed by atoms with Crippen LogP contribution in [0.3, 0.4) is 0 Å². The molecule has 0 aromatic rings. The number of hydrogen-bond donors (Lipinski definition) is 1. The monoisotopic (exact) mass is 200 g/mol. The fourth-order valence-corrected chi connectivity index (χ4v) is 1.99. The van der Waals surface area contributed by atoms with E-state index >= 15 is 0 Å². The van der Waals surface area contributed by atoms with Crippen molar-refractivity contribution in [2.24, 2.45) is 11.1 Å². The molecule has 1 heterocycles. The third-order valence-corrected chi connectivity index (χ3v) is 3.04. The van der Waals surface area contributed by atoms with Gasteiger partial charge in [-0.2, -0.15) is 0 Å². The smallest absolute Gasteiger partial charge is 0.0480 e. The molecule has 0 amide bonds. The highest BCUT2D eigenvalue weighted by Gasteiger charge is 2.24. The predicted octanol–water partition coefficient (Wildman–Crippen LogP) is 1.08. The standard InChI is InChI=1S/C11H24N2O/c1-11(2,8-12)9-13(3)10-4-6-14-7-5-10/h10H,4-9,12H2,1-3H3. The zero-order chi connectivity index (χ0) is 10.6. The van der Waals surface area contributed by atoms with Crippen LogP contribution in [0.1, 0.15) is 26.7 Å². The number of nitrogens with zero attached hydrogens (tertiary/aromatic N) is 1. The van der Waals surface area contributed by atoms with Crippen molar-refractivity contribution >= 4 is 0 Å². The second kappa shape index (κ2) is 5.10. The van der Waals surface area contributed by atoms with Gasteiger partial charge in [-0.15, -0.1) is 0 Å². The Kier molecular flexibility index (Phi) is 4.35. The van der Waals surface area contributed by atoms with E-state index < -0.39 is 0 Å².